The molecular formula is C15H19BrN2S. The van der Waals surface area contributed by atoms with Crippen molar-refractivity contribution in [1.29, 1.82) is 0 Å². The van der Waals surface area contributed by atoms with Crippen LogP contribution < -0.4 is 11.1 Å². The minimum atomic E-state index is 0.457. The predicted molar refractivity (Wildman–Crippen MR) is 87.5 cm³/mol. The van der Waals surface area contributed by atoms with Crippen molar-refractivity contribution in [3.05, 3.63) is 28.2 Å². The summed E-state index contributed by atoms with van der Waals surface area (Å²) in [6.07, 6.45) is 5.69. The normalized spacial score (nSPS) is 18.6. The number of thiocarbonyl (C=S) groups is 1. The molecule has 3 N–H and O–H groups in total. The summed E-state index contributed by atoms with van der Waals surface area (Å²) in [6.45, 7) is 1.06. The molecule has 0 spiro atoms. The van der Waals surface area contributed by atoms with Crippen LogP contribution in [0.1, 0.15) is 31.2 Å². The van der Waals surface area contributed by atoms with Crippen LogP contribution in [0.5, 0.6) is 0 Å². The first kappa shape index (κ1) is 13.4. The summed E-state index contributed by atoms with van der Waals surface area (Å²) in [5.74, 6) is 2.77. The number of nitrogens with two attached hydrogens (primary N) is 1. The van der Waals surface area contributed by atoms with E-state index >= 15 is 0 Å². The van der Waals surface area contributed by atoms with Crippen LogP contribution in [-0.2, 0) is 0 Å². The lowest BCUT2D eigenvalue weighted by Crippen LogP contribution is -2.20. The Labute approximate surface area is 128 Å². The molecule has 3 rings (SSSR count). The Hall–Kier alpha value is -0.610. The van der Waals surface area contributed by atoms with Gasteiger partial charge in [0.1, 0.15) is 4.99 Å². The smallest absolute Gasteiger partial charge is 0.106 e. The molecule has 0 bridgehead atoms. The molecule has 0 aromatic heterocycles. The van der Waals surface area contributed by atoms with Crippen molar-refractivity contribution in [3.63, 3.8) is 0 Å². The highest BCUT2D eigenvalue weighted by Gasteiger charge is 2.41. The van der Waals surface area contributed by atoms with Gasteiger partial charge in [0.05, 0.1) is 0 Å². The highest BCUT2D eigenvalue weighted by Crippen LogP contribution is 2.49. The van der Waals surface area contributed by atoms with E-state index in [2.05, 4.69) is 27.3 Å². The molecule has 0 radical (unpaired) electrons. The molecule has 102 valence electrons. The number of hydrogen-bond acceptors (Lipinski definition) is 2. The van der Waals surface area contributed by atoms with Crippen LogP contribution in [0.3, 0.4) is 0 Å². The minimum Gasteiger partial charge on any atom is -0.389 e. The van der Waals surface area contributed by atoms with Crippen LogP contribution in [-0.4, -0.2) is 11.5 Å². The van der Waals surface area contributed by atoms with E-state index in [9.17, 15) is 0 Å². The molecule has 19 heavy (non-hydrogen) atoms. The van der Waals surface area contributed by atoms with Crippen molar-refractivity contribution in [1.82, 2.24) is 0 Å². The van der Waals surface area contributed by atoms with E-state index in [1.165, 1.54) is 25.7 Å². The molecule has 0 amide bonds. The number of nitrogens with one attached hydrogen (secondary N) is 1. The zero-order valence-electron chi connectivity index (χ0n) is 10.9. The summed E-state index contributed by atoms with van der Waals surface area (Å²) in [7, 11) is 0. The second-order valence-corrected chi connectivity index (χ2v) is 7.13. The van der Waals surface area contributed by atoms with Gasteiger partial charge in [-0.3, -0.25) is 0 Å². The highest BCUT2D eigenvalue weighted by molar-refractivity contribution is 9.10. The second-order valence-electron chi connectivity index (χ2n) is 5.77. The molecule has 1 aromatic rings. The molecule has 0 saturated heterocycles. The molecule has 1 aromatic carbocycles. The first-order valence-corrected chi connectivity index (χ1v) is 8.18. The highest BCUT2D eigenvalue weighted by atomic mass is 79.9. The Morgan fingerprint density at radius 1 is 1.32 bits per heavy atom. The molecule has 2 saturated carbocycles. The molecule has 0 aliphatic heterocycles. The minimum absolute atomic E-state index is 0.457. The van der Waals surface area contributed by atoms with Gasteiger partial charge < -0.3 is 11.1 Å². The first-order chi connectivity index (χ1) is 9.15. The third kappa shape index (κ3) is 3.29. The van der Waals surface area contributed by atoms with Crippen LogP contribution in [0.15, 0.2) is 22.7 Å². The number of rotatable bonds is 6. The third-order valence-electron chi connectivity index (χ3n) is 4.23. The van der Waals surface area contributed by atoms with Gasteiger partial charge in [0.2, 0.25) is 0 Å². The van der Waals surface area contributed by atoms with Gasteiger partial charge in [-0.1, -0.05) is 28.1 Å². The molecule has 2 fully saturated rings. The number of anilines is 1. The summed E-state index contributed by atoms with van der Waals surface area (Å²) in [6, 6.07) is 6.09. The van der Waals surface area contributed by atoms with Crippen LogP contribution >= 0.6 is 28.1 Å². The van der Waals surface area contributed by atoms with E-state index in [0.717, 1.165) is 40.0 Å². The first-order valence-electron chi connectivity index (χ1n) is 6.98. The summed E-state index contributed by atoms with van der Waals surface area (Å²) in [5, 5.41) is 3.58. The maximum atomic E-state index is 5.80. The van der Waals surface area contributed by atoms with Crippen LogP contribution in [0.25, 0.3) is 0 Å². The lowest BCUT2D eigenvalue weighted by atomic mass is 9.97. The van der Waals surface area contributed by atoms with E-state index in [4.69, 9.17) is 18.0 Å². The lowest BCUT2D eigenvalue weighted by molar-refractivity contribution is 0.428. The third-order valence-corrected chi connectivity index (χ3v) is 4.94. The van der Waals surface area contributed by atoms with Crippen molar-refractivity contribution in [2.24, 2.45) is 23.5 Å². The van der Waals surface area contributed by atoms with Gasteiger partial charge in [-0.25, -0.2) is 0 Å². The van der Waals surface area contributed by atoms with Crippen molar-refractivity contribution in [3.8, 4) is 0 Å². The molecule has 0 atom stereocenters. The Bertz CT molecular complexity index is 483. The van der Waals surface area contributed by atoms with Gasteiger partial charge in [-0.05, 0) is 61.6 Å². The molecule has 2 aliphatic rings. The predicted octanol–water partition coefficient (Wildman–Crippen LogP) is 3.93. The fraction of sp³-hybridized carbons (Fsp3) is 0.533. The summed E-state index contributed by atoms with van der Waals surface area (Å²) in [5.41, 5.74) is 7.82. The topological polar surface area (TPSA) is 38.0 Å². The molecule has 0 heterocycles. The zero-order chi connectivity index (χ0) is 13.4. The molecule has 2 nitrogen and oxygen atoms in total. The number of hydrogen-bond donors (Lipinski definition) is 2. The molecule has 4 heteroatoms. The van der Waals surface area contributed by atoms with Crippen molar-refractivity contribution in [2.75, 3.05) is 11.9 Å². The summed E-state index contributed by atoms with van der Waals surface area (Å²) >= 11 is 8.60. The Morgan fingerprint density at radius 2 is 1.95 bits per heavy atom. The Morgan fingerprint density at radius 3 is 2.47 bits per heavy atom. The summed E-state index contributed by atoms with van der Waals surface area (Å²) in [4.78, 5) is 0.457. The fourth-order valence-electron chi connectivity index (χ4n) is 2.87. The zero-order valence-corrected chi connectivity index (χ0v) is 13.3. The van der Waals surface area contributed by atoms with Crippen LogP contribution in [0, 0.1) is 17.8 Å². The van der Waals surface area contributed by atoms with Gasteiger partial charge >= 0.3 is 0 Å². The van der Waals surface area contributed by atoms with Crippen molar-refractivity contribution >= 4 is 38.8 Å². The monoisotopic (exact) mass is 338 g/mol. The van der Waals surface area contributed by atoms with Crippen LogP contribution in [0.4, 0.5) is 5.69 Å². The average Bonchev–Trinajstić information content (AvgIpc) is 3.25. The SMILES string of the molecule is NC(=S)c1cc(Br)ccc1NCC(C1CC1)C1CC1. The van der Waals surface area contributed by atoms with Gasteiger partial charge in [-0.2, -0.15) is 0 Å². The second kappa shape index (κ2) is 5.41. The van der Waals surface area contributed by atoms with Crippen LogP contribution in [0.2, 0.25) is 0 Å². The Kier molecular flexibility index (Phi) is 3.81. The van der Waals surface area contributed by atoms with Gasteiger partial charge in [0.15, 0.2) is 0 Å². The molecule has 0 unspecified atom stereocenters. The van der Waals surface area contributed by atoms with E-state index in [1.807, 2.05) is 12.1 Å². The van der Waals surface area contributed by atoms with E-state index < -0.39 is 0 Å². The maximum Gasteiger partial charge on any atom is 0.106 e. The number of benzene rings is 1. The van der Waals surface area contributed by atoms with Gasteiger partial charge in [-0.15, -0.1) is 0 Å². The maximum absolute atomic E-state index is 5.80. The standard InChI is InChI=1S/C15H19BrN2S/c16-11-5-6-14(12(7-11)15(17)19)18-8-13(9-1-2-9)10-3-4-10/h5-7,9-10,13,18H,1-4,8H2,(H2,17,19). The molecular weight excluding hydrogens is 320 g/mol. The Balaban J connectivity index is 1.70. The average molecular weight is 339 g/mol. The van der Waals surface area contributed by atoms with E-state index in [1.54, 1.807) is 0 Å². The van der Waals surface area contributed by atoms with Crippen molar-refractivity contribution in [2.45, 2.75) is 25.7 Å². The quantitative estimate of drug-likeness (QED) is 0.771. The van der Waals surface area contributed by atoms with E-state index in [-0.39, 0.29) is 0 Å². The van der Waals surface area contributed by atoms with Gasteiger partial charge in [0, 0.05) is 22.3 Å². The summed E-state index contributed by atoms with van der Waals surface area (Å²) < 4.78 is 1.02. The largest absolute Gasteiger partial charge is 0.389 e. The number of halogens is 1. The lowest BCUT2D eigenvalue weighted by Gasteiger charge is -2.19. The molecule has 2 aliphatic carbocycles. The van der Waals surface area contributed by atoms with Crippen molar-refractivity contribution < 1.29 is 0 Å². The van der Waals surface area contributed by atoms with Gasteiger partial charge in [0.25, 0.3) is 0 Å². The fourth-order valence-corrected chi connectivity index (χ4v) is 3.40. The van der Waals surface area contributed by atoms with E-state index in [0.29, 0.717) is 4.99 Å².